The Morgan fingerprint density at radius 1 is 1.48 bits per heavy atom. The van der Waals surface area contributed by atoms with Crippen LogP contribution in [0.2, 0.25) is 0 Å². The number of aliphatic hydroxyl groups excluding tert-OH is 1. The van der Waals surface area contributed by atoms with Crippen LogP contribution in [0.15, 0.2) is 35.5 Å². The Hall–Kier alpha value is -2.80. The third kappa shape index (κ3) is 3.21. The maximum atomic E-state index is 10.7. The molecule has 0 amide bonds. The molecule has 7 nitrogen and oxygen atoms in total. The second-order valence-corrected chi connectivity index (χ2v) is 4.32. The Bertz CT molecular complexity index is 713. The summed E-state index contributed by atoms with van der Waals surface area (Å²) in [7, 11) is 0. The van der Waals surface area contributed by atoms with Crippen molar-refractivity contribution >= 4 is 17.6 Å². The quantitative estimate of drug-likeness (QED) is 0.509. The Morgan fingerprint density at radius 3 is 2.90 bits per heavy atom. The van der Waals surface area contributed by atoms with Crippen molar-refractivity contribution in [3.8, 4) is 5.75 Å². The summed E-state index contributed by atoms with van der Waals surface area (Å²) in [4.78, 5) is 18.2. The highest BCUT2D eigenvalue weighted by Gasteiger charge is 2.10. The molecule has 0 aliphatic rings. The van der Waals surface area contributed by atoms with Gasteiger partial charge in [0.1, 0.15) is 5.75 Å². The molecular weight excluding hydrogens is 274 g/mol. The Balaban J connectivity index is 2.40. The lowest BCUT2D eigenvalue weighted by molar-refractivity contribution is -0.384. The third-order valence-electron chi connectivity index (χ3n) is 2.91. The molecule has 2 aromatic rings. The highest BCUT2D eigenvalue weighted by molar-refractivity contribution is 5.87. The number of hydrogen-bond donors (Lipinski definition) is 2. The van der Waals surface area contributed by atoms with Crippen LogP contribution in [0.4, 0.5) is 11.4 Å². The van der Waals surface area contributed by atoms with E-state index in [0.29, 0.717) is 22.5 Å². The van der Waals surface area contributed by atoms with Crippen molar-refractivity contribution in [1.29, 1.82) is 0 Å². The summed E-state index contributed by atoms with van der Waals surface area (Å²) >= 11 is 0. The van der Waals surface area contributed by atoms with Crippen molar-refractivity contribution < 1.29 is 15.1 Å². The number of non-ortho nitro benzene ring substituents is 1. The summed E-state index contributed by atoms with van der Waals surface area (Å²) in [5.41, 5.74) is 1.49. The van der Waals surface area contributed by atoms with E-state index >= 15 is 0 Å². The standard InChI is InChI=1S/C14H13N3O4/c1-9-14(19)13(10(8-18)6-15-9)7-16-11-3-2-4-12(5-11)17(20)21/h2-7,18-19H,8H2,1H3. The third-order valence-corrected chi connectivity index (χ3v) is 2.91. The summed E-state index contributed by atoms with van der Waals surface area (Å²) in [5, 5.41) is 29.9. The number of aryl methyl sites for hydroxylation is 1. The SMILES string of the molecule is Cc1ncc(CO)c(C=Nc2cccc([N+](=O)[O-])c2)c1O. The van der Waals surface area contributed by atoms with Crippen LogP contribution in [-0.4, -0.2) is 26.3 Å². The van der Waals surface area contributed by atoms with E-state index in [-0.39, 0.29) is 18.0 Å². The van der Waals surface area contributed by atoms with Crippen LogP contribution in [0, 0.1) is 17.0 Å². The second kappa shape index (κ2) is 6.10. The molecule has 0 aliphatic carbocycles. The minimum Gasteiger partial charge on any atom is -0.505 e. The molecule has 0 fully saturated rings. The van der Waals surface area contributed by atoms with Crippen molar-refractivity contribution in [2.24, 2.45) is 4.99 Å². The van der Waals surface area contributed by atoms with Gasteiger partial charge < -0.3 is 10.2 Å². The van der Waals surface area contributed by atoms with Crippen molar-refractivity contribution in [3.63, 3.8) is 0 Å². The number of hydrogen-bond acceptors (Lipinski definition) is 6. The molecule has 0 aliphatic heterocycles. The van der Waals surface area contributed by atoms with Gasteiger partial charge in [0.05, 0.1) is 22.9 Å². The zero-order valence-electron chi connectivity index (χ0n) is 11.2. The van der Waals surface area contributed by atoms with Gasteiger partial charge in [0, 0.05) is 35.7 Å². The fourth-order valence-electron chi connectivity index (χ4n) is 1.75. The van der Waals surface area contributed by atoms with Crippen molar-refractivity contribution in [1.82, 2.24) is 4.98 Å². The minimum atomic E-state index is -0.508. The van der Waals surface area contributed by atoms with E-state index < -0.39 is 4.92 Å². The topological polar surface area (TPSA) is 109 Å². The first kappa shape index (κ1) is 14.6. The number of benzene rings is 1. The van der Waals surface area contributed by atoms with Gasteiger partial charge >= 0.3 is 0 Å². The largest absolute Gasteiger partial charge is 0.505 e. The molecule has 108 valence electrons. The molecule has 7 heteroatoms. The van der Waals surface area contributed by atoms with Crippen molar-refractivity contribution in [3.05, 3.63) is 57.4 Å². The molecule has 2 rings (SSSR count). The number of aromatic nitrogens is 1. The van der Waals surface area contributed by atoms with Crippen molar-refractivity contribution in [2.75, 3.05) is 0 Å². The maximum Gasteiger partial charge on any atom is 0.271 e. The van der Waals surface area contributed by atoms with Gasteiger partial charge in [0.15, 0.2) is 0 Å². The van der Waals surface area contributed by atoms with Gasteiger partial charge in [0.25, 0.3) is 5.69 Å². The smallest absolute Gasteiger partial charge is 0.271 e. The maximum absolute atomic E-state index is 10.7. The summed E-state index contributed by atoms with van der Waals surface area (Å²) in [6, 6.07) is 5.81. The molecule has 0 radical (unpaired) electrons. The van der Waals surface area contributed by atoms with E-state index in [4.69, 9.17) is 0 Å². The molecule has 21 heavy (non-hydrogen) atoms. The van der Waals surface area contributed by atoms with Crippen LogP contribution >= 0.6 is 0 Å². The fraction of sp³-hybridized carbons (Fsp3) is 0.143. The Morgan fingerprint density at radius 2 is 2.24 bits per heavy atom. The van der Waals surface area contributed by atoms with E-state index in [1.165, 1.54) is 30.6 Å². The number of nitrogens with zero attached hydrogens (tertiary/aromatic N) is 3. The number of aliphatic hydroxyl groups is 1. The van der Waals surface area contributed by atoms with Crippen LogP contribution in [0.5, 0.6) is 5.75 Å². The van der Waals surface area contributed by atoms with E-state index in [2.05, 4.69) is 9.98 Å². The predicted molar refractivity (Wildman–Crippen MR) is 76.9 cm³/mol. The highest BCUT2D eigenvalue weighted by Crippen LogP contribution is 2.24. The lowest BCUT2D eigenvalue weighted by Crippen LogP contribution is -1.97. The molecule has 0 atom stereocenters. The van der Waals surface area contributed by atoms with Gasteiger partial charge in [-0.3, -0.25) is 20.1 Å². The van der Waals surface area contributed by atoms with E-state index in [1.54, 1.807) is 13.0 Å². The molecule has 0 spiro atoms. The summed E-state index contributed by atoms with van der Waals surface area (Å²) in [6.07, 6.45) is 2.80. The Labute approximate surface area is 120 Å². The van der Waals surface area contributed by atoms with Crippen LogP contribution in [0.3, 0.4) is 0 Å². The van der Waals surface area contributed by atoms with E-state index in [1.807, 2.05) is 0 Å². The van der Waals surface area contributed by atoms with Crippen LogP contribution in [0.1, 0.15) is 16.8 Å². The number of aromatic hydroxyl groups is 1. The molecule has 0 bridgehead atoms. The van der Waals surface area contributed by atoms with Gasteiger partial charge in [-0.2, -0.15) is 0 Å². The first-order valence-electron chi connectivity index (χ1n) is 6.09. The van der Waals surface area contributed by atoms with Crippen molar-refractivity contribution in [2.45, 2.75) is 13.5 Å². The molecule has 0 unspecified atom stereocenters. The molecule has 0 saturated carbocycles. The second-order valence-electron chi connectivity index (χ2n) is 4.32. The lowest BCUT2D eigenvalue weighted by atomic mass is 10.1. The van der Waals surface area contributed by atoms with E-state index in [0.717, 1.165) is 0 Å². The van der Waals surface area contributed by atoms with E-state index in [9.17, 15) is 20.3 Å². The zero-order chi connectivity index (χ0) is 15.4. The molecule has 1 aromatic heterocycles. The minimum absolute atomic E-state index is 0.0674. The lowest BCUT2D eigenvalue weighted by Gasteiger charge is -2.06. The van der Waals surface area contributed by atoms with Gasteiger partial charge in [-0.15, -0.1) is 0 Å². The Kier molecular flexibility index (Phi) is 4.24. The van der Waals surface area contributed by atoms with Gasteiger partial charge in [-0.25, -0.2) is 0 Å². The first-order valence-corrected chi connectivity index (χ1v) is 6.09. The van der Waals surface area contributed by atoms with Gasteiger partial charge in [0.2, 0.25) is 0 Å². The summed E-state index contributed by atoms with van der Waals surface area (Å²) in [5.74, 6) is -0.0734. The normalized spacial score (nSPS) is 11.0. The molecular formula is C14H13N3O4. The average Bonchev–Trinajstić information content (AvgIpc) is 2.49. The monoisotopic (exact) mass is 287 g/mol. The van der Waals surface area contributed by atoms with Crippen LogP contribution in [-0.2, 0) is 6.61 Å². The summed E-state index contributed by atoms with van der Waals surface area (Å²) < 4.78 is 0. The van der Waals surface area contributed by atoms with Gasteiger partial charge in [-0.1, -0.05) is 6.07 Å². The molecule has 1 aromatic carbocycles. The number of rotatable bonds is 4. The number of nitro groups is 1. The molecule has 0 saturated heterocycles. The number of pyridine rings is 1. The van der Waals surface area contributed by atoms with Gasteiger partial charge in [-0.05, 0) is 13.0 Å². The van der Waals surface area contributed by atoms with Crippen LogP contribution < -0.4 is 0 Å². The first-order chi connectivity index (χ1) is 10.0. The molecule has 1 heterocycles. The predicted octanol–water partition coefficient (Wildman–Crippen LogP) is 2.25. The average molecular weight is 287 g/mol. The van der Waals surface area contributed by atoms with Crippen LogP contribution in [0.25, 0.3) is 0 Å². The summed E-state index contributed by atoms with van der Waals surface area (Å²) in [6.45, 7) is 1.33. The molecule has 2 N–H and O–H groups in total. The number of nitro benzene ring substituents is 1. The number of aliphatic imine (C=N–C) groups is 1. The highest BCUT2D eigenvalue weighted by atomic mass is 16.6. The zero-order valence-corrected chi connectivity index (χ0v) is 11.2. The fourth-order valence-corrected chi connectivity index (χ4v) is 1.75.